The van der Waals surface area contributed by atoms with E-state index in [1.165, 1.54) is 11.0 Å². The van der Waals surface area contributed by atoms with E-state index in [1.807, 2.05) is 4.90 Å². The van der Waals surface area contributed by atoms with Crippen LogP contribution in [0.2, 0.25) is 0 Å². The maximum atomic E-state index is 14.9. The Kier molecular flexibility index (Phi) is 5.94. The van der Waals surface area contributed by atoms with Crippen LogP contribution in [0.25, 0.3) is 0 Å². The van der Waals surface area contributed by atoms with Gasteiger partial charge in [0.25, 0.3) is 10.1 Å². The highest BCUT2D eigenvalue weighted by atomic mass is 32.2. The first kappa shape index (κ1) is 23.6. The Morgan fingerprint density at radius 3 is 2.48 bits per heavy atom. The number of ether oxygens (including phenoxy) is 2. The summed E-state index contributed by atoms with van der Waals surface area (Å²) in [5, 5.41) is 2.89. The van der Waals surface area contributed by atoms with Crippen LogP contribution in [0.1, 0.15) is 20.8 Å². The summed E-state index contributed by atoms with van der Waals surface area (Å²) < 4.78 is 52.2. The van der Waals surface area contributed by atoms with Gasteiger partial charge >= 0.3 is 12.2 Å². The van der Waals surface area contributed by atoms with Crippen LogP contribution < -0.4 is 15.1 Å². The molecule has 2 heterocycles. The highest BCUT2D eigenvalue weighted by molar-refractivity contribution is 7.85. The molecule has 33 heavy (non-hydrogen) atoms. The number of carbonyl (C=O) groups is 2. The number of carbonyl (C=O) groups excluding carboxylic acids is 2. The van der Waals surface area contributed by atoms with Crippen molar-refractivity contribution in [3.63, 3.8) is 0 Å². The van der Waals surface area contributed by atoms with E-state index in [-0.39, 0.29) is 31.0 Å². The predicted molar refractivity (Wildman–Crippen MR) is 117 cm³/mol. The lowest BCUT2D eigenvalue weighted by molar-refractivity contribution is 0.0518. The molecule has 3 fully saturated rings. The molecule has 1 N–H and O–H groups in total. The molecule has 0 aromatic heterocycles. The van der Waals surface area contributed by atoms with Gasteiger partial charge in [0.15, 0.2) is 0 Å². The van der Waals surface area contributed by atoms with Crippen molar-refractivity contribution in [2.75, 3.05) is 42.3 Å². The third kappa shape index (κ3) is 5.49. The van der Waals surface area contributed by atoms with Crippen molar-refractivity contribution in [2.45, 2.75) is 38.5 Å². The quantitative estimate of drug-likeness (QED) is 0.610. The summed E-state index contributed by atoms with van der Waals surface area (Å²) in [7, 11) is -3.66. The SMILES string of the molecule is CC(C)(C)OC(=O)NC1C2CN(c3ccc(N4CC(COS(C)(=O)=O)OC4=O)cc3F)CC21. The number of halogens is 1. The molecule has 182 valence electrons. The minimum Gasteiger partial charge on any atom is -0.444 e. The molecule has 4 rings (SSSR count). The number of rotatable bonds is 6. The molecule has 2 amide bonds. The fraction of sp³-hybridized carbons (Fsp3) is 0.619. The number of nitrogens with one attached hydrogen (secondary N) is 1. The molecule has 0 bridgehead atoms. The van der Waals surface area contributed by atoms with Crippen LogP contribution in [0.15, 0.2) is 18.2 Å². The number of cyclic esters (lactones) is 1. The summed E-state index contributed by atoms with van der Waals surface area (Å²) in [6, 6.07) is 4.53. The summed E-state index contributed by atoms with van der Waals surface area (Å²) >= 11 is 0. The molecular weight excluding hydrogens is 457 g/mol. The van der Waals surface area contributed by atoms with Crippen molar-refractivity contribution in [2.24, 2.45) is 11.8 Å². The first-order valence-corrected chi connectivity index (χ1v) is 12.5. The first-order chi connectivity index (χ1) is 15.3. The number of alkyl carbamates (subject to hydrolysis) is 1. The van der Waals surface area contributed by atoms with Crippen LogP contribution in [0.4, 0.5) is 25.4 Å². The van der Waals surface area contributed by atoms with Crippen LogP contribution in [0.5, 0.6) is 0 Å². The molecular formula is C21H28FN3O7S. The van der Waals surface area contributed by atoms with Crippen LogP contribution in [-0.4, -0.2) is 70.8 Å². The van der Waals surface area contributed by atoms with Gasteiger partial charge in [-0.05, 0) is 39.0 Å². The highest BCUT2D eigenvalue weighted by Gasteiger charge is 2.57. The number of fused-ring (bicyclic) bond motifs is 1. The van der Waals surface area contributed by atoms with Gasteiger partial charge < -0.3 is 19.7 Å². The van der Waals surface area contributed by atoms with Gasteiger partial charge in [-0.3, -0.25) is 9.08 Å². The van der Waals surface area contributed by atoms with E-state index < -0.39 is 39.8 Å². The molecule has 0 radical (unpaired) electrons. The Balaban J connectivity index is 1.32. The van der Waals surface area contributed by atoms with Gasteiger partial charge in [0.05, 0.1) is 24.2 Å². The summed E-state index contributed by atoms with van der Waals surface area (Å²) in [6.45, 7) is 6.39. The van der Waals surface area contributed by atoms with Crippen molar-refractivity contribution >= 4 is 33.7 Å². The monoisotopic (exact) mass is 485 g/mol. The molecule has 3 aliphatic rings. The zero-order valence-corrected chi connectivity index (χ0v) is 19.7. The molecule has 3 atom stereocenters. The number of hydrogen-bond acceptors (Lipinski definition) is 8. The number of benzene rings is 1. The number of amides is 2. The Labute approximate surface area is 192 Å². The van der Waals surface area contributed by atoms with Crippen molar-refractivity contribution in [3.05, 3.63) is 24.0 Å². The molecule has 1 aromatic carbocycles. The Hall–Kier alpha value is -2.60. The van der Waals surface area contributed by atoms with E-state index in [9.17, 15) is 22.4 Å². The van der Waals surface area contributed by atoms with Crippen LogP contribution in [0.3, 0.4) is 0 Å². The molecule has 0 spiro atoms. The zero-order valence-electron chi connectivity index (χ0n) is 18.9. The minimum atomic E-state index is -3.66. The van der Waals surface area contributed by atoms with E-state index >= 15 is 0 Å². The normalized spacial score (nSPS) is 26.8. The summed E-state index contributed by atoms with van der Waals surface area (Å²) in [5.41, 5.74) is 0.177. The van der Waals surface area contributed by atoms with Crippen LogP contribution in [0, 0.1) is 17.7 Å². The molecule has 1 saturated carbocycles. The lowest BCUT2D eigenvalue weighted by atomic mass is 10.2. The average Bonchev–Trinajstić information content (AvgIpc) is 3.03. The minimum absolute atomic E-state index is 0.0314. The Morgan fingerprint density at radius 2 is 1.91 bits per heavy atom. The summed E-state index contributed by atoms with van der Waals surface area (Å²) in [6.07, 6.45) is -0.993. The van der Waals surface area contributed by atoms with E-state index in [0.29, 0.717) is 24.5 Å². The van der Waals surface area contributed by atoms with E-state index in [0.717, 1.165) is 6.26 Å². The van der Waals surface area contributed by atoms with Gasteiger partial charge in [0.1, 0.15) is 24.1 Å². The van der Waals surface area contributed by atoms with Gasteiger partial charge in [-0.2, -0.15) is 8.42 Å². The predicted octanol–water partition coefficient (Wildman–Crippen LogP) is 2.09. The fourth-order valence-corrected chi connectivity index (χ4v) is 4.72. The number of hydrogen-bond donors (Lipinski definition) is 1. The second kappa shape index (κ2) is 8.32. The number of piperidine rings is 1. The molecule has 10 nitrogen and oxygen atoms in total. The topological polar surface area (TPSA) is 114 Å². The second-order valence-electron chi connectivity index (χ2n) is 9.65. The third-order valence-corrected chi connectivity index (χ3v) is 6.37. The van der Waals surface area contributed by atoms with Gasteiger partial charge in [0.2, 0.25) is 0 Å². The Morgan fingerprint density at radius 1 is 1.24 bits per heavy atom. The first-order valence-electron chi connectivity index (χ1n) is 10.7. The van der Waals surface area contributed by atoms with Crippen molar-refractivity contribution in [1.29, 1.82) is 0 Å². The summed E-state index contributed by atoms with van der Waals surface area (Å²) in [5.74, 6) is -0.00407. The molecule has 1 aliphatic carbocycles. The smallest absolute Gasteiger partial charge is 0.414 e. The van der Waals surface area contributed by atoms with Gasteiger partial charge in [-0.1, -0.05) is 0 Å². The lowest BCUT2D eigenvalue weighted by Crippen LogP contribution is -2.38. The van der Waals surface area contributed by atoms with Crippen molar-refractivity contribution < 1.29 is 36.1 Å². The zero-order chi connectivity index (χ0) is 24.1. The maximum absolute atomic E-state index is 14.9. The van der Waals surface area contributed by atoms with E-state index in [4.69, 9.17) is 9.47 Å². The molecule has 3 unspecified atom stereocenters. The molecule has 2 saturated heterocycles. The lowest BCUT2D eigenvalue weighted by Gasteiger charge is -2.25. The second-order valence-corrected chi connectivity index (χ2v) is 11.3. The third-order valence-electron chi connectivity index (χ3n) is 5.80. The van der Waals surface area contributed by atoms with Gasteiger partial charge in [-0.25, -0.2) is 14.0 Å². The molecule has 12 heteroatoms. The van der Waals surface area contributed by atoms with Crippen LogP contribution >= 0.6 is 0 Å². The summed E-state index contributed by atoms with van der Waals surface area (Å²) in [4.78, 5) is 27.3. The number of anilines is 2. The van der Waals surface area contributed by atoms with Gasteiger partial charge in [-0.15, -0.1) is 0 Å². The van der Waals surface area contributed by atoms with Gasteiger partial charge in [0, 0.05) is 31.0 Å². The standard InChI is InChI=1S/C21H28FN3O7S/c1-21(2,3)32-19(26)23-18-14-9-24(10-15(14)18)17-6-5-12(7-16(17)22)25-8-13(31-20(25)27)11-30-33(4,28)29/h5-7,13-15,18H,8-11H2,1-4H3,(H,23,26). The fourth-order valence-electron chi connectivity index (χ4n) is 4.32. The highest BCUT2D eigenvalue weighted by Crippen LogP contribution is 2.47. The Bertz CT molecular complexity index is 1050. The maximum Gasteiger partial charge on any atom is 0.414 e. The van der Waals surface area contributed by atoms with E-state index in [1.54, 1.807) is 32.9 Å². The molecule has 2 aliphatic heterocycles. The molecule has 1 aromatic rings. The van der Waals surface area contributed by atoms with Crippen molar-refractivity contribution in [1.82, 2.24) is 5.32 Å². The number of nitrogens with zero attached hydrogens (tertiary/aromatic N) is 2. The van der Waals surface area contributed by atoms with Crippen molar-refractivity contribution in [3.8, 4) is 0 Å². The average molecular weight is 486 g/mol. The van der Waals surface area contributed by atoms with Crippen LogP contribution in [-0.2, 0) is 23.8 Å². The van der Waals surface area contributed by atoms with E-state index in [2.05, 4.69) is 9.50 Å². The largest absolute Gasteiger partial charge is 0.444 e.